The van der Waals surface area contributed by atoms with E-state index in [1.165, 1.54) is 0 Å². The van der Waals surface area contributed by atoms with Gasteiger partial charge in [0, 0.05) is 38.7 Å². The molecular formula is C28H40O7. The normalized spacial score (nSPS) is 18.9. The Kier molecular flexibility index (Phi) is 12.7. The Morgan fingerprint density at radius 3 is 2.60 bits per heavy atom. The molecule has 0 bridgehead atoms. The molecule has 2 rings (SSSR count). The van der Waals surface area contributed by atoms with E-state index in [1.807, 2.05) is 37.3 Å². The number of carboxylic acid groups (broad SMARTS) is 1. The van der Waals surface area contributed by atoms with E-state index in [0.717, 1.165) is 36.0 Å². The van der Waals surface area contributed by atoms with E-state index < -0.39 is 18.2 Å². The summed E-state index contributed by atoms with van der Waals surface area (Å²) in [5, 5.41) is 30.1. The Balaban J connectivity index is 2.05. The minimum atomic E-state index is -0.786. The number of carbonyl (C=O) groups excluding carboxylic acids is 1. The minimum absolute atomic E-state index is 0.166. The van der Waals surface area contributed by atoms with Crippen molar-refractivity contribution in [2.45, 2.75) is 89.9 Å². The molecule has 0 radical (unpaired) electrons. The molecule has 0 saturated heterocycles. The van der Waals surface area contributed by atoms with Crippen molar-refractivity contribution < 1.29 is 34.4 Å². The third-order valence-corrected chi connectivity index (χ3v) is 6.14. The van der Waals surface area contributed by atoms with Gasteiger partial charge in [0.2, 0.25) is 0 Å². The van der Waals surface area contributed by atoms with Gasteiger partial charge in [0.05, 0.1) is 18.8 Å². The standard InChI is InChI=1S/C28H40O7/c1-3-9-28(33)35-26-18-25(30)23(24(26)12-6-4-5-7-13-27(31)32)15-14-22(29)17-20-10-8-11-21(16-20)19-34-2/h8,10-11,14-16,22-23,25,29-30H,3-7,9,12-13,17-19H2,1-2H3,(H,31,32)/b15-14+/t22-,23+,25+/m0/s1. The second kappa shape index (κ2) is 15.5. The van der Waals surface area contributed by atoms with Crippen LogP contribution in [0.25, 0.3) is 0 Å². The van der Waals surface area contributed by atoms with Gasteiger partial charge in [0.1, 0.15) is 5.76 Å². The van der Waals surface area contributed by atoms with Crippen LogP contribution in [0.3, 0.4) is 0 Å². The first kappa shape index (κ1) is 28.8. The Morgan fingerprint density at radius 1 is 1.14 bits per heavy atom. The van der Waals surface area contributed by atoms with Crippen LogP contribution in [0.1, 0.15) is 75.8 Å². The summed E-state index contributed by atoms with van der Waals surface area (Å²) >= 11 is 0. The second-order valence-electron chi connectivity index (χ2n) is 9.19. The topological polar surface area (TPSA) is 113 Å². The number of aliphatic hydroxyl groups excluding tert-OH is 2. The summed E-state index contributed by atoms with van der Waals surface area (Å²) in [4.78, 5) is 22.8. The number of aliphatic hydroxyl groups is 2. The number of benzene rings is 1. The van der Waals surface area contributed by atoms with E-state index in [4.69, 9.17) is 14.6 Å². The molecule has 194 valence electrons. The third-order valence-electron chi connectivity index (χ3n) is 6.14. The van der Waals surface area contributed by atoms with Crippen molar-refractivity contribution in [1.82, 2.24) is 0 Å². The number of ether oxygens (including phenoxy) is 2. The van der Waals surface area contributed by atoms with Gasteiger partial charge in [-0.3, -0.25) is 9.59 Å². The highest BCUT2D eigenvalue weighted by atomic mass is 16.5. The summed E-state index contributed by atoms with van der Waals surface area (Å²) < 4.78 is 10.8. The first-order valence-corrected chi connectivity index (χ1v) is 12.6. The molecule has 1 aromatic carbocycles. The van der Waals surface area contributed by atoms with Gasteiger partial charge in [0.15, 0.2) is 0 Å². The summed E-state index contributed by atoms with van der Waals surface area (Å²) in [6.45, 7) is 2.42. The number of hydrogen-bond acceptors (Lipinski definition) is 6. The molecule has 0 heterocycles. The maximum absolute atomic E-state index is 12.1. The van der Waals surface area contributed by atoms with Crippen LogP contribution in [-0.2, 0) is 32.1 Å². The Morgan fingerprint density at radius 2 is 1.89 bits per heavy atom. The molecule has 0 amide bonds. The molecular weight excluding hydrogens is 448 g/mol. The number of carboxylic acids is 1. The average molecular weight is 489 g/mol. The van der Waals surface area contributed by atoms with E-state index >= 15 is 0 Å². The van der Waals surface area contributed by atoms with Gasteiger partial charge in [-0.1, -0.05) is 56.2 Å². The van der Waals surface area contributed by atoms with Crippen molar-refractivity contribution in [1.29, 1.82) is 0 Å². The van der Waals surface area contributed by atoms with Crippen LogP contribution in [0.5, 0.6) is 0 Å². The lowest BCUT2D eigenvalue weighted by molar-refractivity contribution is -0.140. The van der Waals surface area contributed by atoms with Crippen LogP contribution in [-0.4, -0.2) is 46.6 Å². The smallest absolute Gasteiger partial charge is 0.310 e. The quantitative estimate of drug-likeness (QED) is 0.176. The van der Waals surface area contributed by atoms with Gasteiger partial charge < -0.3 is 24.8 Å². The van der Waals surface area contributed by atoms with Gasteiger partial charge >= 0.3 is 11.9 Å². The molecule has 1 aliphatic carbocycles. The molecule has 35 heavy (non-hydrogen) atoms. The third kappa shape index (κ3) is 10.3. The van der Waals surface area contributed by atoms with Gasteiger partial charge in [-0.05, 0) is 42.4 Å². The van der Waals surface area contributed by atoms with Crippen LogP contribution < -0.4 is 0 Å². The number of aliphatic carboxylic acids is 1. The maximum Gasteiger partial charge on any atom is 0.310 e. The summed E-state index contributed by atoms with van der Waals surface area (Å²) in [6.07, 6.45) is 7.78. The first-order valence-electron chi connectivity index (χ1n) is 12.6. The predicted octanol–water partition coefficient (Wildman–Crippen LogP) is 4.70. The zero-order chi connectivity index (χ0) is 25.6. The van der Waals surface area contributed by atoms with Gasteiger partial charge in [-0.2, -0.15) is 0 Å². The zero-order valence-electron chi connectivity index (χ0n) is 20.9. The molecule has 7 heteroatoms. The fourth-order valence-electron chi connectivity index (χ4n) is 4.43. The molecule has 3 atom stereocenters. The first-order chi connectivity index (χ1) is 16.8. The summed E-state index contributed by atoms with van der Waals surface area (Å²) in [6, 6.07) is 7.88. The molecule has 3 N–H and O–H groups in total. The Labute approximate surface area is 208 Å². The number of unbranched alkanes of at least 4 members (excludes halogenated alkanes) is 3. The molecule has 0 saturated carbocycles. The van der Waals surface area contributed by atoms with Gasteiger partial charge in [0.25, 0.3) is 0 Å². The predicted molar refractivity (Wildman–Crippen MR) is 133 cm³/mol. The monoisotopic (exact) mass is 488 g/mol. The maximum atomic E-state index is 12.1. The molecule has 1 aromatic rings. The van der Waals surface area contributed by atoms with Crippen LogP contribution in [0, 0.1) is 5.92 Å². The second-order valence-corrected chi connectivity index (χ2v) is 9.19. The van der Waals surface area contributed by atoms with Crippen LogP contribution in [0.4, 0.5) is 0 Å². The van der Waals surface area contributed by atoms with E-state index in [-0.39, 0.29) is 24.7 Å². The fraction of sp³-hybridized carbons (Fsp3) is 0.571. The van der Waals surface area contributed by atoms with Crippen LogP contribution in [0.15, 0.2) is 47.7 Å². The highest BCUT2D eigenvalue weighted by molar-refractivity contribution is 5.70. The van der Waals surface area contributed by atoms with Crippen molar-refractivity contribution in [2.75, 3.05) is 7.11 Å². The van der Waals surface area contributed by atoms with E-state index in [0.29, 0.717) is 44.5 Å². The minimum Gasteiger partial charge on any atom is -0.481 e. The van der Waals surface area contributed by atoms with E-state index in [2.05, 4.69) is 0 Å². The SMILES string of the molecule is CCCC(=O)OC1=C(CCCCCCC(=O)O)[C@@H](/C=C/[C@H](O)Cc2cccc(COC)c2)[C@H](O)C1. The zero-order valence-corrected chi connectivity index (χ0v) is 20.9. The largest absolute Gasteiger partial charge is 0.481 e. The average Bonchev–Trinajstić information content (AvgIpc) is 3.08. The van der Waals surface area contributed by atoms with Crippen molar-refractivity contribution in [3.63, 3.8) is 0 Å². The number of rotatable bonds is 16. The summed E-state index contributed by atoms with van der Waals surface area (Å²) in [5.41, 5.74) is 2.93. The summed E-state index contributed by atoms with van der Waals surface area (Å²) in [7, 11) is 1.64. The van der Waals surface area contributed by atoms with Crippen molar-refractivity contribution >= 4 is 11.9 Å². The van der Waals surface area contributed by atoms with Gasteiger partial charge in [-0.15, -0.1) is 0 Å². The van der Waals surface area contributed by atoms with Gasteiger partial charge in [-0.25, -0.2) is 0 Å². The molecule has 0 fully saturated rings. The lowest BCUT2D eigenvalue weighted by Crippen LogP contribution is -2.16. The van der Waals surface area contributed by atoms with E-state index in [9.17, 15) is 19.8 Å². The molecule has 0 unspecified atom stereocenters. The molecule has 0 aromatic heterocycles. The highest BCUT2D eigenvalue weighted by Crippen LogP contribution is 2.37. The number of esters is 1. The fourth-order valence-corrected chi connectivity index (χ4v) is 4.43. The highest BCUT2D eigenvalue weighted by Gasteiger charge is 2.33. The Hall–Kier alpha value is -2.48. The molecule has 1 aliphatic rings. The van der Waals surface area contributed by atoms with E-state index in [1.54, 1.807) is 13.2 Å². The molecule has 0 spiro atoms. The van der Waals surface area contributed by atoms with Crippen molar-refractivity contribution in [3.05, 3.63) is 58.9 Å². The van der Waals surface area contributed by atoms with Crippen molar-refractivity contribution in [2.24, 2.45) is 5.92 Å². The lowest BCUT2D eigenvalue weighted by atomic mass is 9.93. The number of methoxy groups -OCH3 is 1. The lowest BCUT2D eigenvalue weighted by Gasteiger charge is -2.16. The number of carbonyl (C=O) groups is 2. The molecule has 0 aliphatic heterocycles. The van der Waals surface area contributed by atoms with Crippen LogP contribution in [0.2, 0.25) is 0 Å². The van der Waals surface area contributed by atoms with Crippen LogP contribution >= 0.6 is 0 Å². The molecule has 7 nitrogen and oxygen atoms in total. The number of hydrogen-bond donors (Lipinski definition) is 3. The van der Waals surface area contributed by atoms with Crippen molar-refractivity contribution in [3.8, 4) is 0 Å². The summed E-state index contributed by atoms with van der Waals surface area (Å²) in [5.74, 6) is -0.869. The Bertz CT molecular complexity index is 874.